The molecule has 276 valence electrons. The molecule has 0 atom stereocenters. The third-order valence-corrected chi connectivity index (χ3v) is 12.6. The monoisotopic (exact) mass is 750 g/mol. The Morgan fingerprint density at radius 2 is 0.864 bits per heavy atom. The molecule has 1 heterocycles. The molecule has 0 saturated heterocycles. The van der Waals surface area contributed by atoms with Crippen LogP contribution < -0.4 is 4.90 Å². The molecule has 2 nitrogen and oxygen atoms in total. The van der Waals surface area contributed by atoms with Gasteiger partial charge in [-0.15, -0.1) is 0 Å². The maximum atomic E-state index is 2.63. The van der Waals surface area contributed by atoms with Gasteiger partial charge in [-0.1, -0.05) is 188 Å². The Labute approximate surface area is 343 Å². The summed E-state index contributed by atoms with van der Waals surface area (Å²) in [6, 6.07) is 84.8. The molecule has 11 aromatic rings. The first kappa shape index (κ1) is 33.5. The van der Waals surface area contributed by atoms with E-state index < -0.39 is 5.54 Å². The maximum Gasteiger partial charge on any atom is 0.122 e. The second kappa shape index (κ2) is 13.2. The van der Waals surface area contributed by atoms with Gasteiger partial charge in [0.05, 0.1) is 16.7 Å². The summed E-state index contributed by atoms with van der Waals surface area (Å²) in [5.41, 5.74) is 14.0. The number of para-hydroxylation sites is 1. The van der Waals surface area contributed by atoms with E-state index in [-0.39, 0.29) is 0 Å². The summed E-state index contributed by atoms with van der Waals surface area (Å²) in [5.74, 6) is 0. The molecule has 10 aromatic carbocycles. The molecule has 1 aromatic heterocycles. The van der Waals surface area contributed by atoms with E-state index in [0.717, 1.165) is 17.1 Å². The third kappa shape index (κ3) is 4.93. The van der Waals surface area contributed by atoms with Crippen LogP contribution in [-0.4, -0.2) is 4.57 Å². The first-order valence-corrected chi connectivity index (χ1v) is 20.4. The van der Waals surface area contributed by atoms with Gasteiger partial charge in [-0.2, -0.15) is 0 Å². The van der Waals surface area contributed by atoms with Crippen molar-refractivity contribution in [2.45, 2.75) is 5.54 Å². The maximum absolute atomic E-state index is 2.63. The Morgan fingerprint density at radius 3 is 1.61 bits per heavy atom. The molecule has 1 aliphatic rings. The average Bonchev–Trinajstić information content (AvgIpc) is 3.80. The summed E-state index contributed by atoms with van der Waals surface area (Å²) in [6.07, 6.45) is 0. The molecular weight excluding hydrogens is 713 g/mol. The lowest BCUT2D eigenvalue weighted by Crippen LogP contribution is -2.35. The van der Waals surface area contributed by atoms with E-state index in [1.807, 2.05) is 0 Å². The van der Waals surface area contributed by atoms with Crippen molar-refractivity contribution in [3.05, 3.63) is 247 Å². The van der Waals surface area contributed by atoms with Gasteiger partial charge in [0.25, 0.3) is 0 Å². The highest BCUT2D eigenvalue weighted by atomic mass is 15.1. The molecule has 0 fully saturated rings. The van der Waals surface area contributed by atoms with Crippen molar-refractivity contribution in [2.75, 3.05) is 4.90 Å². The summed E-state index contributed by atoms with van der Waals surface area (Å²) in [7, 11) is 0. The minimum absolute atomic E-state index is 0.593. The van der Waals surface area contributed by atoms with Crippen LogP contribution in [0, 0.1) is 0 Å². The second-order valence-corrected chi connectivity index (χ2v) is 15.6. The van der Waals surface area contributed by atoms with E-state index in [4.69, 9.17) is 0 Å². The van der Waals surface area contributed by atoms with Crippen molar-refractivity contribution in [1.82, 2.24) is 4.57 Å². The molecule has 0 aliphatic heterocycles. The summed E-state index contributed by atoms with van der Waals surface area (Å²) in [5, 5.41) is 7.37. The third-order valence-electron chi connectivity index (χ3n) is 12.6. The van der Waals surface area contributed by atoms with Crippen LogP contribution in [0.1, 0.15) is 16.7 Å². The van der Waals surface area contributed by atoms with Gasteiger partial charge in [0.15, 0.2) is 0 Å². The number of aromatic nitrogens is 1. The van der Waals surface area contributed by atoms with Crippen LogP contribution in [-0.2, 0) is 5.54 Å². The van der Waals surface area contributed by atoms with Gasteiger partial charge in [0.1, 0.15) is 5.54 Å². The van der Waals surface area contributed by atoms with Crippen molar-refractivity contribution in [2.24, 2.45) is 0 Å². The van der Waals surface area contributed by atoms with Crippen LogP contribution in [0.3, 0.4) is 0 Å². The SMILES string of the molecule is c1ccc(C2(n3c4ccccc4c4cc(N(c5ccc(-c6cccc7ccccc67)cc5)c5cccc6ccccc56)ccc43)c3ccccc3-c3ccccc32)cc1. The van der Waals surface area contributed by atoms with Crippen LogP contribution in [0.15, 0.2) is 231 Å². The summed E-state index contributed by atoms with van der Waals surface area (Å²) in [4.78, 5) is 2.44. The first-order chi connectivity index (χ1) is 29.3. The zero-order valence-corrected chi connectivity index (χ0v) is 32.3. The minimum Gasteiger partial charge on any atom is -0.322 e. The quantitative estimate of drug-likeness (QED) is 0.164. The molecule has 0 amide bonds. The fourth-order valence-electron chi connectivity index (χ4n) is 10.1. The average molecular weight is 751 g/mol. The van der Waals surface area contributed by atoms with Crippen molar-refractivity contribution < 1.29 is 0 Å². The molecule has 0 radical (unpaired) electrons. The highest BCUT2D eigenvalue weighted by molar-refractivity contribution is 6.11. The van der Waals surface area contributed by atoms with Gasteiger partial charge in [-0.05, 0) is 97.6 Å². The van der Waals surface area contributed by atoms with Crippen LogP contribution in [0.5, 0.6) is 0 Å². The highest BCUT2D eigenvalue weighted by Crippen LogP contribution is 2.56. The molecule has 1 aliphatic carbocycles. The molecule has 0 saturated carbocycles. The van der Waals surface area contributed by atoms with Gasteiger partial charge in [0, 0.05) is 27.5 Å². The van der Waals surface area contributed by atoms with Gasteiger partial charge in [-0.25, -0.2) is 0 Å². The fraction of sp³-hybridized carbons (Fsp3) is 0.0175. The standard InChI is InChI=1S/C57H38N2/c1-2-20-42(21-3-1)57(52-28-11-8-24-48(52)49-25-9-12-29-53(49)57)59-55-30-13-10-26-50(55)51-38-44(36-37-56(51)59)58(54-31-15-19-40-17-5-7-23-47(40)54)43-34-32-41(33-35-43)46-27-14-18-39-16-4-6-22-45(39)46/h1-38H. The number of fused-ring (bicyclic) bond motifs is 8. The Hall–Kier alpha value is -7.68. The molecule has 0 unspecified atom stereocenters. The van der Waals surface area contributed by atoms with Crippen molar-refractivity contribution in [3.63, 3.8) is 0 Å². The second-order valence-electron chi connectivity index (χ2n) is 15.6. The van der Waals surface area contributed by atoms with E-state index in [0.29, 0.717) is 0 Å². The Kier molecular flexibility index (Phi) is 7.48. The van der Waals surface area contributed by atoms with Gasteiger partial charge < -0.3 is 9.47 Å². The molecule has 12 rings (SSSR count). The normalized spacial score (nSPS) is 12.9. The molecule has 0 N–H and O–H groups in total. The van der Waals surface area contributed by atoms with Crippen LogP contribution in [0.2, 0.25) is 0 Å². The van der Waals surface area contributed by atoms with E-state index in [9.17, 15) is 0 Å². The number of anilines is 3. The zero-order chi connectivity index (χ0) is 38.9. The number of benzene rings is 10. The lowest BCUT2D eigenvalue weighted by molar-refractivity contribution is 0.564. The van der Waals surface area contributed by atoms with Crippen LogP contribution >= 0.6 is 0 Å². The topological polar surface area (TPSA) is 8.17 Å². The highest BCUT2D eigenvalue weighted by Gasteiger charge is 2.47. The van der Waals surface area contributed by atoms with Gasteiger partial charge in [0.2, 0.25) is 0 Å². The minimum atomic E-state index is -0.593. The predicted octanol–water partition coefficient (Wildman–Crippen LogP) is 15.1. The van der Waals surface area contributed by atoms with Crippen molar-refractivity contribution >= 4 is 60.4 Å². The predicted molar refractivity (Wildman–Crippen MR) is 248 cm³/mol. The van der Waals surface area contributed by atoms with E-state index in [1.165, 1.54) is 82.3 Å². The Morgan fingerprint density at radius 1 is 0.339 bits per heavy atom. The summed E-state index contributed by atoms with van der Waals surface area (Å²) < 4.78 is 2.63. The Balaban J connectivity index is 1.12. The van der Waals surface area contributed by atoms with Crippen LogP contribution in [0.25, 0.3) is 65.6 Å². The summed E-state index contributed by atoms with van der Waals surface area (Å²) >= 11 is 0. The lowest BCUT2D eigenvalue weighted by atomic mass is 9.80. The van der Waals surface area contributed by atoms with E-state index in [2.05, 4.69) is 240 Å². The van der Waals surface area contributed by atoms with Crippen molar-refractivity contribution in [3.8, 4) is 22.3 Å². The number of hydrogen-bond acceptors (Lipinski definition) is 1. The van der Waals surface area contributed by atoms with Crippen molar-refractivity contribution in [1.29, 1.82) is 0 Å². The largest absolute Gasteiger partial charge is 0.322 e. The van der Waals surface area contributed by atoms with Crippen LogP contribution in [0.4, 0.5) is 17.1 Å². The Bertz CT molecular complexity index is 3340. The summed E-state index contributed by atoms with van der Waals surface area (Å²) in [6.45, 7) is 0. The first-order valence-electron chi connectivity index (χ1n) is 20.4. The molecule has 59 heavy (non-hydrogen) atoms. The number of rotatable bonds is 6. The molecule has 2 heteroatoms. The molecule has 0 bridgehead atoms. The zero-order valence-electron chi connectivity index (χ0n) is 32.3. The number of nitrogens with zero attached hydrogens (tertiary/aromatic N) is 2. The van der Waals surface area contributed by atoms with Gasteiger partial charge >= 0.3 is 0 Å². The smallest absolute Gasteiger partial charge is 0.122 e. The van der Waals surface area contributed by atoms with Gasteiger partial charge in [-0.3, -0.25) is 0 Å². The lowest BCUT2D eigenvalue weighted by Gasteiger charge is -2.36. The molecular formula is C57H38N2. The van der Waals surface area contributed by atoms with E-state index >= 15 is 0 Å². The van der Waals surface area contributed by atoms with E-state index in [1.54, 1.807) is 0 Å². The molecule has 0 spiro atoms. The fourth-order valence-corrected chi connectivity index (χ4v) is 10.1. The number of hydrogen-bond donors (Lipinski definition) is 0.